The van der Waals surface area contributed by atoms with Crippen LogP contribution in [0.4, 0.5) is 14.6 Å². The molecular formula is C22H19F2N7O. The zero-order valence-electron chi connectivity index (χ0n) is 17.0. The Balaban J connectivity index is 1.35. The maximum atomic E-state index is 13.6. The number of fused-ring (bicyclic) bond motifs is 1. The summed E-state index contributed by atoms with van der Waals surface area (Å²) in [6.45, 7) is 2.27. The first-order chi connectivity index (χ1) is 15.6. The molecule has 0 radical (unpaired) electrons. The van der Waals surface area contributed by atoms with E-state index >= 15 is 0 Å². The van der Waals surface area contributed by atoms with E-state index in [-0.39, 0.29) is 5.91 Å². The third-order valence-corrected chi connectivity index (χ3v) is 5.45. The van der Waals surface area contributed by atoms with Crippen LogP contribution < -0.4 is 4.90 Å². The minimum absolute atomic E-state index is 0.0955. The molecule has 0 N–H and O–H groups in total. The lowest BCUT2D eigenvalue weighted by Crippen LogP contribution is -2.36. The summed E-state index contributed by atoms with van der Waals surface area (Å²) in [6, 6.07) is 9.32. The summed E-state index contributed by atoms with van der Waals surface area (Å²) in [4.78, 5) is 27.2. The summed E-state index contributed by atoms with van der Waals surface area (Å²) < 4.78 is 27.0. The number of aromatic nitrogens is 5. The van der Waals surface area contributed by atoms with Crippen LogP contribution in [0.2, 0.25) is 0 Å². The van der Waals surface area contributed by atoms with E-state index < -0.39 is 11.6 Å². The highest BCUT2D eigenvalue weighted by Gasteiger charge is 2.24. The van der Waals surface area contributed by atoms with Gasteiger partial charge in [0.25, 0.3) is 5.91 Å². The first-order valence-corrected chi connectivity index (χ1v) is 10.2. The fourth-order valence-electron chi connectivity index (χ4n) is 3.84. The molecule has 2 aromatic heterocycles. The second-order valence-corrected chi connectivity index (χ2v) is 7.45. The number of rotatable bonds is 3. The van der Waals surface area contributed by atoms with Crippen molar-refractivity contribution in [2.75, 3.05) is 31.1 Å². The second-order valence-electron chi connectivity index (χ2n) is 7.45. The zero-order chi connectivity index (χ0) is 22.1. The van der Waals surface area contributed by atoms with Gasteiger partial charge in [-0.1, -0.05) is 12.1 Å². The highest BCUT2D eigenvalue weighted by molar-refractivity contribution is 5.97. The first kappa shape index (κ1) is 20.0. The number of hydrogen-bond acceptors (Lipinski definition) is 6. The summed E-state index contributed by atoms with van der Waals surface area (Å²) in [6.07, 6.45) is 5.41. The Bertz CT molecular complexity index is 1280. The Hall–Kier alpha value is -3.95. The predicted molar refractivity (Wildman–Crippen MR) is 114 cm³/mol. The van der Waals surface area contributed by atoms with Crippen LogP contribution in [0, 0.1) is 11.6 Å². The van der Waals surface area contributed by atoms with Crippen molar-refractivity contribution in [1.29, 1.82) is 0 Å². The number of carbonyl (C=O) groups excluding carboxylic acids is 1. The Morgan fingerprint density at radius 3 is 2.47 bits per heavy atom. The normalized spacial score (nSPS) is 14.6. The SMILES string of the molecule is O=C(c1ccccc1-n1nccn1)N1CCCN(c2cnc3cc(F)c(F)cc3n2)CC1. The lowest BCUT2D eigenvalue weighted by atomic mass is 10.1. The molecule has 1 saturated heterocycles. The molecule has 0 spiro atoms. The van der Waals surface area contributed by atoms with E-state index in [0.717, 1.165) is 18.6 Å². The van der Waals surface area contributed by atoms with E-state index in [1.807, 2.05) is 23.1 Å². The summed E-state index contributed by atoms with van der Waals surface area (Å²) in [5, 5.41) is 8.29. The second kappa shape index (κ2) is 8.29. The van der Waals surface area contributed by atoms with Crippen LogP contribution in [-0.4, -0.2) is 61.9 Å². The van der Waals surface area contributed by atoms with Crippen molar-refractivity contribution in [2.24, 2.45) is 0 Å². The fraction of sp³-hybridized carbons (Fsp3) is 0.227. The van der Waals surface area contributed by atoms with Crippen LogP contribution in [0.15, 0.2) is 55.0 Å². The maximum Gasteiger partial charge on any atom is 0.256 e. The van der Waals surface area contributed by atoms with Crippen LogP contribution in [0.3, 0.4) is 0 Å². The quantitative estimate of drug-likeness (QED) is 0.492. The molecule has 0 bridgehead atoms. The molecule has 162 valence electrons. The van der Waals surface area contributed by atoms with Crippen LogP contribution in [0.25, 0.3) is 16.7 Å². The van der Waals surface area contributed by atoms with Gasteiger partial charge in [-0.3, -0.25) is 9.78 Å². The van der Waals surface area contributed by atoms with Gasteiger partial charge < -0.3 is 9.80 Å². The van der Waals surface area contributed by atoms with Crippen molar-refractivity contribution in [2.45, 2.75) is 6.42 Å². The van der Waals surface area contributed by atoms with E-state index in [1.54, 1.807) is 29.6 Å². The van der Waals surface area contributed by atoms with Gasteiger partial charge in [0.2, 0.25) is 0 Å². The molecule has 4 aromatic rings. The lowest BCUT2D eigenvalue weighted by molar-refractivity contribution is 0.0766. The van der Waals surface area contributed by atoms with Crippen LogP contribution in [0.1, 0.15) is 16.8 Å². The van der Waals surface area contributed by atoms with Crippen molar-refractivity contribution in [3.8, 4) is 5.69 Å². The zero-order valence-corrected chi connectivity index (χ0v) is 17.0. The van der Waals surface area contributed by atoms with Crippen molar-refractivity contribution in [3.63, 3.8) is 0 Å². The number of benzene rings is 2. The monoisotopic (exact) mass is 435 g/mol. The van der Waals surface area contributed by atoms with Gasteiger partial charge >= 0.3 is 0 Å². The van der Waals surface area contributed by atoms with Crippen molar-refractivity contribution in [3.05, 3.63) is 72.2 Å². The Morgan fingerprint density at radius 1 is 0.906 bits per heavy atom. The van der Waals surface area contributed by atoms with Gasteiger partial charge in [0, 0.05) is 38.3 Å². The predicted octanol–water partition coefficient (Wildman–Crippen LogP) is 2.84. The summed E-state index contributed by atoms with van der Waals surface area (Å²) in [5.41, 5.74) is 1.74. The molecule has 1 amide bonds. The maximum absolute atomic E-state index is 13.6. The van der Waals surface area contributed by atoms with Gasteiger partial charge in [0.05, 0.1) is 40.9 Å². The Labute approximate surface area is 182 Å². The smallest absolute Gasteiger partial charge is 0.256 e. The van der Waals surface area contributed by atoms with E-state index in [2.05, 4.69) is 20.2 Å². The van der Waals surface area contributed by atoms with Crippen LogP contribution in [-0.2, 0) is 0 Å². The Morgan fingerprint density at radius 2 is 1.66 bits per heavy atom. The van der Waals surface area contributed by atoms with Crippen molar-refractivity contribution < 1.29 is 13.6 Å². The number of amides is 1. The molecule has 5 rings (SSSR count). The summed E-state index contributed by atoms with van der Waals surface area (Å²) >= 11 is 0. The molecule has 0 aliphatic carbocycles. The highest BCUT2D eigenvalue weighted by atomic mass is 19.2. The standard InChI is InChI=1S/C22H19F2N7O/c23-16-12-18-19(13-17(16)24)28-21(14-25-18)29-8-3-9-30(11-10-29)22(32)15-4-1-2-5-20(15)31-26-6-7-27-31/h1-2,4-7,12-14H,3,8-11H2. The fourth-order valence-corrected chi connectivity index (χ4v) is 3.84. The topological polar surface area (TPSA) is 80.0 Å². The number of hydrogen-bond donors (Lipinski definition) is 0. The van der Waals surface area contributed by atoms with Gasteiger partial charge in [-0.25, -0.2) is 13.8 Å². The number of nitrogens with zero attached hydrogens (tertiary/aromatic N) is 7. The van der Waals surface area contributed by atoms with Crippen molar-refractivity contribution in [1.82, 2.24) is 29.9 Å². The molecule has 32 heavy (non-hydrogen) atoms. The third kappa shape index (κ3) is 3.75. The first-order valence-electron chi connectivity index (χ1n) is 10.2. The lowest BCUT2D eigenvalue weighted by Gasteiger charge is -2.23. The van der Waals surface area contributed by atoms with Gasteiger partial charge in [0.15, 0.2) is 11.6 Å². The van der Waals surface area contributed by atoms with Crippen molar-refractivity contribution >= 4 is 22.8 Å². The number of carbonyl (C=O) groups is 1. The molecule has 10 heteroatoms. The van der Waals surface area contributed by atoms with Gasteiger partial charge in [-0.15, -0.1) is 0 Å². The van der Waals surface area contributed by atoms with Crippen LogP contribution >= 0.6 is 0 Å². The molecule has 1 fully saturated rings. The summed E-state index contributed by atoms with van der Waals surface area (Å²) in [7, 11) is 0. The van der Waals surface area contributed by atoms with E-state index in [9.17, 15) is 13.6 Å². The minimum atomic E-state index is -0.957. The van der Waals surface area contributed by atoms with Crippen LogP contribution in [0.5, 0.6) is 0 Å². The number of para-hydroxylation sites is 1. The number of anilines is 1. The molecule has 0 saturated carbocycles. The number of halogens is 2. The molecule has 0 atom stereocenters. The van der Waals surface area contributed by atoms with E-state index in [0.29, 0.717) is 54.3 Å². The molecular weight excluding hydrogens is 416 g/mol. The average molecular weight is 435 g/mol. The molecule has 1 aliphatic rings. The third-order valence-electron chi connectivity index (χ3n) is 5.45. The van der Waals surface area contributed by atoms with E-state index in [4.69, 9.17) is 0 Å². The van der Waals surface area contributed by atoms with E-state index in [1.165, 1.54) is 4.80 Å². The summed E-state index contributed by atoms with van der Waals surface area (Å²) in [5.74, 6) is -1.43. The van der Waals surface area contributed by atoms with Gasteiger partial charge in [-0.05, 0) is 18.6 Å². The molecule has 3 heterocycles. The molecule has 2 aromatic carbocycles. The Kier molecular flexibility index (Phi) is 5.18. The van der Waals surface area contributed by atoms with Gasteiger partial charge in [-0.2, -0.15) is 15.0 Å². The molecule has 1 aliphatic heterocycles. The largest absolute Gasteiger partial charge is 0.353 e. The minimum Gasteiger partial charge on any atom is -0.353 e. The molecule has 8 nitrogen and oxygen atoms in total. The molecule has 0 unspecified atom stereocenters. The average Bonchev–Trinajstić information content (AvgIpc) is 3.23. The van der Waals surface area contributed by atoms with Gasteiger partial charge in [0.1, 0.15) is 5.82 Å². The highest BCUT2D eigenvalue weighted by Crippen LogP contribution is 2.21.